The Labute approximate surface area is 135 Å². The summed E-state index contributed by atoms with van der Waals surface area (Å²) in [6, 6.07) is 13.7. The molecule has 0 heterocycles. The Hall–Kier alpha value is -1.22. The van der Waals surface area contributed by atoms with E-state index in [-0.39, 0.29) is 5.92 Å². The molecular formula is C17H19Cl2NO. The van der Waals surface area contributed by atoms with Crippen LogP contribution in [0.2, 0.25) is 10.0 Å². The van der Waals surface area contributed by atoms with Crippen LogP contribution in [0.15, 0.2) is 42.5 Å². The molecule has 0 radical (unpaired) electrons. The molecule has 2 N–H and O–H groups in total. The van der Waals surface area contributed by atoms with Crippen molar-refractivity contribution in [3.8, 4) is 5.75 Å². The standard InChI is InChI=1S/C17H19Cl2NO/c1-2-21-17-8-7-12(10-16(17)19)14(11-20)9-13-5-3-4-6-15(13)18/h3-8,10,14H,2,9,11,20H2,1H3. The van der Waals surface area contributed by atoms with Crippen molar-refractivity contribution in [2.24, 2.45) is 5.73 Å². The molecule has 0 saturated carbocycles. The molecule has 2 nitrogen and oxygen atoms in total. The molecule has 0 bridgehead atoms. The van der Waals surface area contributed by atoms with Crippen LogP contribution in [0.3, 0.4) is 0 Å². The summed E-state index contributed by atoms with van der Waals surface area (Å²) in [5, 5.41) is 1.39. The Morgan fingerprint density at radius 1 is 1.10 bits per heavy atom. The van der Waals surface area contributed by atoms with Crippen LogP contribution in [0, 0.1) is 0 Å². The Bertz CT molecular complexity index is 601. The topological polar surface area (TPSA) is 35.2 Å². The summed E-state index contributed by atoms with van der Waals surface area (Å²) in [4.78, 5) is 0. The molecule has 4 heteroatoms. The number of hydrogen-bond acceptors (Lipinski definition) is 2. The van der Waals surface area contributed by atoms with Crippen LogP contribution in [0.1, 0.15) is 24.0 Å². The van der Waals surface area contributed by atoms with Crippen LogP contribution in [-0.4, -0.2) is 13.2 Å². The molecule has 0 aliphatic heterocycles. The van der Waals surface area contributed by atoms with E-state index in [2.05, 4.69) is 0 Å². The van der Waals surface area contributed by atoms with Gasteiger partial charge in [-0.25, -0.2) is 0 Å². The first-order chi connectivity index (χ1) is 10.2. The molecule has 0 saturated heterocycles. The molecule has 2 aromatic carbocycles. The zero-order valence-corrected chi connectivity index (χ0v) is 13.5. The highest BCUT2D eigenvalue weighted by atomic mass is 35.5. The van der Waals surface area contributed by atoms with E-state index < -0.39 is 0 Å². The maximum atomic E-state index is 6.25. The normalized spacial score (nSPS) is 12.2. The third-order valence-corrected chi connectivity index (χ3v) is 4.10. The third-order valence-electron chi connectivity index (χ3n) is 3.44. The van der Waals surface area contributed by atoms with Gasteiger partial charge in [0, 0.05) is 10.9 Å². The second-order valence-corrected chi connectivity index (χ2v) is 5.67. The van der Waals surface area contributed by atoms with Crippen molar-refractivity contribution in [2.75, 3.05) is 13.2 Å². The first kappa shape index (κ1) is 16.2. The fourth-order valence-corrected chi connectivity index (χ4v) is 2.77. The molecule has 0 aliphatic carbocycles. The summed E-state index contributed by atoms with van der Waals surface area (Å²) in [6.07, 6.45) is 0.792. The monoisotopic (exact) mass is 323 g/mol. The van der Waals surface area contributed by atoms with Gasteiger partial charge in [-0.3, -0.25) is 0 Å². The van der Waals surface area contributed by atoms with Crippen molar-refractivity contribution in [2.45, 2.75) is 19.3 Å². The number of hydrogen-bond donors (Lipinski definition) is 1. The second kappa shape index (κ2) is 7.69. The van der Waals surface area contributed by atoms with Crippen molar-refractivity contribution < 1.29 is 4.74 Å². The SMILES string of the molecule is CCOc1ccc(C(CN)Cc2ccccc2Cl)cc1Cl. The summed E-state index contributed by atoms with van der Waals surface area (Å²) >= 11 is 12.5. The van der Waals surface area contributed by atoms with E-state index in [9.17, 15) is 0 Å². The first-order valence-corrected chi connectivity index (χ1v) is 7.77. The molecule has 112 valence electrons. The molecule has 2 aromatic rings. The van der Waals surface area contributed by atoms with E-state index in [0.717, 1.165) is 22.6 Å². The average Bonchev–Trinajstić information content (AvgIpc) is 2.49. The molecule has 1 atom stereocenters. The van der Waals surface area contributed by atoms with Crippen molar-refractivity contribution in [3.05, 3.63) is 63.6 Å². The fraction of sp³-hybridized carbons (Fsp3) is 0.294. The molecule has 1 unspecified atom stereocenters. The zero-order chi connectivity index (χ0) is 15.2. The Kier molecular flexibility index (Phi) is 5.92. The summed E-state index contributed by atoms with van der Waals surface area (Å²) in [7, 11) is 0. The van der Waals surface area contributed by atoms with Gasteiger partial charge in [0.05, 0.1) is 11.6 Å². The van der Waals surface area contributed by atoms with Gasteiger partial charge in [0.15, 0.2) is 0 Å². The Morgan fingerprint density at radius 3 is 2.48 bits per heavy atom. The van der Waals surface area contributed by atoms with Crippen LogP contribution in [-0.2, 0) is 6.42 Å². The van der Waals surface area contributed by atoms with E-state index in [1.807, 2.05) is 49.4 Å². The van der Waals surface area contributed by atoms with Gasteiger partial charge in [0.1, 0.15) is 5.75 Å². The van der Waals surface area contributed by atoms with Crippen LogP contribution in [0.4, 0.5) is 0 Å². The van der Waals surface area contributed by atoms with Crippen LogP contribution in [0.5, 0.6) is 5.75 Å². The van der Waals surface area contributed by atoms with Crippen molar-refractivity contribution in [3.63, 3.8) is 0 Å². The van der Waals surface area contributed by atoms with E-state index in [4.69, 9.17) is 33.7 Å². The number of ether oxygens (including phenoxy) is 1. The summed E-state index contributed by atoms with van der Waals surface area (Å²) in [6.45, 7) is 3.07. The fourth-order valence-electron chi connectivity index (χ4n) is 2.31. The molecule has 0 aromatic heterocycles. The minimum absolute atomic E-state index is 0.179. The molecule has 0 fully saturated rings. The Balaban J connectivity index is 2.21. The van der Waals surface area contributed by atoms with Gasteiger partial charge in [0.2, 0.25) is 0 Å². The van der Waals surface area contributed by atoms with E-state index in [0.29, 0.717) is 23.9 Å². The maximum absolute atomic E-state index is 6.25. The first-order valence-electron chi connectivity index (χ1n) is 7.01. The summed E-state index contributed by atoms with van der Waals surface area (Å²) < 4.78 is 5.46. The molecular weight excluding hydrogens is 305 g/mol. The van der Waals surface area contributed by atoms with Gasteiger partial charge in [-0.2, -0.15) is 0 Å². The summed E-state index contributed by atoms with van der Waals surface area (Å²) in [5.74, 6) is 0.884. The lowest BCUT2D eigenvalue weighted by molar-refractivity contribution is 0.340. The predicted octanol–water partition coefficient (Wildman–Crippen LogP) is 4.68. The minimum atomic E-state index is 0.179. The number of nitrogens with two attached hydrogens (primary N) is 1. The van der Waals surface area contributed by atoms with Crippen molar-refractivity contribution in [1.29, 1.82) is 0 Å². The number of halogens is 2. The summed E-state index contributed by atoms with van der Waals surface area (Å²) in [5.41, 5.74) is 8.13. The van der Waals surface area contributed by atoms with E-state index >= 15 is 0 Å². The lowest BCUT2D eigenvalue weighted by Crippen LogP contribution is -2.15. The van der Waals surface area contributed by atoms with E-state index in [1.54, 1.807) is 0 Å². The molecule has 0 spiro atoms. The van der Waals surface area contributed by atoms with Crippen molar-refractivity contribution >= 4 is 23.2 Å². The zero-order valence-electron chi connectivity index (χ0n) is 12.0. The third kappa shape index (κ3) is 4.13. The molecule has 0 aliphatic rings. The highest BCUT2D eigenvalue weighted by molar-refractivity contribution is 6.32. The van der Waals surface area contributed by atoms with Crippen molar-refractivity contribution in [1.82, 2.24) is 0 Å². The van der Waals surface area contributed by atoms with Crippen LogP contribution < -0.4 is 10.5 Å². The lowest BCUT2D eigenvalue weighted by Gasteiger charge is -2.17. The number of benzene rings is 2. The van der Waals surface area contributed by atoms with Crippen LogP contribution >= 0.6 is 23.2 Å². The van der Waals surface area contributed by atoms with Gasteiger partial charge in [-0.15, -0.1) is 0 Å². The Morgan fingerprint density at radius 2 is 1.86 bits per heavy atom. The lowest BCUT2D eigenvalue weighted by atomic mass is 9.92. The van der Waals surface area contributed by atoms with Gasteiger partial charge in [-0.05, 0) is 49.2 Å². The minimum Gasteiger partial charge on any atom is -0.492 e. The van der Waals surface area contributed by atoms with Gasteiger partial charge in [0.25, 0.3) is 0 Å². The van der Waals surface area contributed by atoms with Gasteiger partial charge >= 0.3 is 0 Å². The highest BCUT2D eigenvalue weighted by Crippen LogP contribution is 2.31. The second-order valence-electron chi connectivity index (χ2n) is 4.85. The van der Waals surface area contributed by atoms with Crippen LogP contribution in [0.25, 0.3) is 0 Å². The largest absolute Gasteiger partial charge is 0.492 e. The molecule has 21 heavy (non-hydrogen) atoms. The van der Waals surface area contributed by atoms with Gasteiger partial charge in [-0.1, -0.05) is 47.5 Å². The molecule has 2 rings (SSSR count). The smallest absolute Gasteiger partial charge is 0.137 e. The maximum Gasteiger partial charge on any atom is 0.137 e. The average molecular weight is 324 g/mol. The predicted molar refractivity (Wildman–Crippen MR) is 89.6 cm³/mol. The quantitative estimate of drug-likeness (QED) is 0.837. The van der Waals surface area contributed by atoms with Gasteiger partial charge < -0.3 is 10.5 Å². The highest BCUT2D eigenvalue weighted by Gasteiger charge is 2.14. The van der Waals surface area contributed by atoms with E-state index in [1.165, 1.54) is 0 Å². The number of rotatable bonds is 6. The molecule has 0 amide bonds.